The molecule has 0 aliphatic rings. The lowest BCUT2D eigenvalue weighted by molar-refractivity contribution is 0.390. The highest BCUT2D eigenvalue weighted by Crippen LogP contribution is 2.31. The number of para-hydroxylation sites is 2. The van der Waals surface area contributed by atoms with Gasteiger partial charge in [0.1, 0.15) is 4.90 Å². The summed E-state index contributed by atoms with van der Waals surface area (Å²) < 4.78 is 37.8. The fourth-order valence-corrected chi connectivity index (χ4v) is 5.31. The zero-order valence-corrected chi connectivity index (χ0v) is 18.4. The summed E-state index contributed by atoms with van der Waals surface area (Å²) in [5.41, 5.74) is 2.03. The highest BCUT2D eigenvalue weighted by molar-refractivity contribution is 7.87. The Morgan fingerprint density at radius 1 is 0.969 bits per heavy atom. The van der Waals surface area contributed by atoms with Gasteiger partial charge in [-0.05, 0) is 48.0 Å². The van der Waals surface area contributed by atoms with Gasteiger partial charge in [-0.1, -0.05) is 47.7 Å². The van der Waals surface area contributed by atoms with Crippen LogP contribution in [-0.4, -0.2) is 24.9 Å². The Hall–Kier alpha value is -3.69. The molecule has 0 unspecified atom stereocenters. The summed E-state index contributed by atoms with van der Waals surface area (Å²) in [7, 11) is -2.58. The van der Waals surface area contributed by atoms with E-state index in [-0.39, 0.29) is 22.0 Å². The van der Waals surface area contributed by atoms with Crippen molar-refractivity contribution in [1.29, 1.82) is 0 Å². The third-order valence-corrected chi connectivity index (χ3v) is 7.08. The van der Waals surface area contributed by atoms with Crippen molar-refractivity contribution in [3.8, 4) is 11.5 Å². The first-order valence-corrected chi connectivity index (χ1v) is 11.8. The molecule has 0 aliphatic heterocycles. The lowest BCUT2D eigenvalue weighted by Gasteiger charge is -2.11. The molecule has 160 valence electrons. The Morgan fingerprint density at radius 2 is 1.72 bits per heavy atom. The molecule has 0 bridgehead atoms. The molecule has 9 heteroatoms. The highest BCUT2D eigenvalue weighted by Gasteiger charge is 2.19. The second kappa shape index (κ2) is 7.77. The molecule has 5 aromatic rings. The van der Waals surface area contributed by atoms with Gasteiger partial charge in [-0.3, -0.25) is 4.79 Å². The van der Waals surface area contributed by atoms with Crippen molar-refractivity contribution in [3.05, 3.63) is 93.2 Å². The van der Waals surface area contributed by atoms with E-state index in [2.05, 4.69) is 4.98 Å². The molecule has 0 saturated heterocycles. The topological polar surface area (TPSA) is 87.0 Å². The summed E-state index contributed by atoms with van der Waals surface area (Å²) >= 11 is 1.29. The number of fused-ring (bicyclic) bond motifs is 3. The summed E-state index contributed by atoms with van der Waals surface area (Å²) in [6.45, 7) is 0. The number of ether oxygens (including phenoxy) is 1. The van der Waals surface area contributed by atoms with E-state index in [1.807, 2.05) is 24.3 Å². The molecule has 32 heavy (non-hydrogen) atoms. The van der Waals surface area contributed by atoms with Crippen molar-refractivity contribution in [2.75, 3.05) is 7.11 Å². The second-order valence-electron chi connectivity index (χ2n) is 6.90. The standard InChI is InChI=1S/C23H16N2O5S2/c1-29-20-13-15(11-12-19(20)30-32(27,28)16-7-3-2-4-8-16)14-21-22(26)25-18-10-6-5-9-17(18)24-23(25)31-21/h2-14H,1H3/b21-14-. The third kappa shape index (κ3) is 3.51. The molecular formula is C23H16N2O5S2. The summed E-state index contributed by atoms with van der Waals surface area (Å²) in [4.78, 5) is 18.1. The molecule has 2 aromatic heterocycles. The number of aromatic nitrogens is 2. The maximum absolute atomic E-state index is 12.9. The van der Waals surface area contributed by atoms with Crippen LogP contribution in [0.15, 0.2) is 82.5 Å². The van der Waals surface area contributed by atoms with E-state index in [1.54, 1.807) is 40.8 Å². The van der Waals surface area contributed by atoms with Gasteiger partial charge in [0, 0.05) is 0 Å². The Morgan fingerprint density at radius 3 is 2.50 bits per heavy atom. The van der Waals surface area contributed by atoms with E-state index in [1.165, 1.54) is 36.6 Å². The van der Waals surface area contributed by atoms with Gasteiger partial charge < -0.3 is 8.92 Å². The van der Waals surface area contributed by atoms with Gasteiger partial charge in [-0.2, -0.15) is 8.42 Å². The van der Waals surface area contributed by atoms with Gasteiger partial charge in [0.2, 0.25) is 0 Å². The number of hydrogen-bond donors (Lipinski definition) is 0. The number of imidazole rings is 1. The van der Waals surface area contributed by atoms with E-state index in [0.29, 0.717) is 15.1 Å². The quantitative estimate of drug-likeness (QED) is 0.371. The number of benzene rings is 3. The van der Waals surface area contributed by atoms with E-state index < -0.39 is 10.1 Å². The summed E-state index contributed by atoms with van der Waals surface area (Å²) in [5.74, 6) is 0.292. The largest absolute Gasteiger partial charge is 0.493 e. The van der Waals surface area contributed by atoms with Crippen molar-refractivity contribution in [2.45, 2.75) is 4.90 Å². The van der Waals surface area contributed by atoms with Crippen LogP contribution in [0.5, 0.6) is 11.5 Å². The first kappa shape index (κ1) is 20.2. The Bertz CT molecular complexity index is 1670. The molecule has 5 rings (SSSR count). The van der Waals surface area contributed by atoms with E-state index in [4.69, 9.17) is 8.92 Å². The van der Waals surface area contributed by atoms with Crippen molar-refractivity contribution in [1.82, 2.24) is 9.38 Å². The average molecular weight is 465 g/mol. The molecule has 0 atom stereocenters. The first-order chi connectivity index (χ1) is 15.5. The van der Waals surface area contributed by atoms with Crippen molar-refractivity contribution >= 4 is 43.5 Å². The summed E-state index contributed by atoms with van der Waals surface area (Å²) in [6, 6.07) is 20.1. The summed E-state index contributed by atoms with van der Waals surface area (Å²) in [6.07, 6.45) is 1.72. The van der Waals surface area contributed by atoms with Crippen LogP contribution in [0.2, 0.25) is 0 Å². The highest BCUT2D eigenvalue weighted by atomic mass is 32.2. The van der Waals surface area contributed by atoms with Crippen molar-refractivity contribution in [2.24, 2.45) is 0 Å². The van der Waals surface area contributed by atoms with Gasteiger partial charge >= 0.3 is 10.1 Å². The zero-order chi connectivity index (χ0) is 22.3. The lowest BCUT2D eigenvalue weighted by Crippen LogP contribution is -2.22. The predicted molar refractivity (Wildman–Crippen MR) is 123 cm³/mol. The van der Waals surface area contributed by atoms with Crippen LogP contribution in [0, 0.1) is 0 Å². The van der Waals surface area contributed by atoms with Crippen LogP contribution in [0.3, 0.4) is 0 Å². The van der Waals surface area contributed by atoms with Gasteiger partial charge in [0.25, 0.3) is 5.56 Å². The van der Waals surface area contributed by atoms with Crippen LogP contribution in [-0.2, 0) is 10.1 Å². The van der Waals surface area contributed by atoms with E-state index >= 15 is 0 Å². The molecule has 0 N–H and O–H groups in total. The van der Waals surface area contributed by atoms with Crippen LogP contribution in [0.1, 0.15) is 5.56 Å². The Labute approximate surface area is 186 Å². The SMILES string of the molecule is COc1cc(/C=c2\sc3nc4ccccc4n3c2=O)ccc1OS(=O)(=O)c1ccccc1. The van der Waals surface area contributed by atoms with Crippen molar-refractivity contribution in [3.63, 3.8) is 0 Å². The average Bonchev–Trinajstić information content (AvgIpc) is 3.31. The molecule has 0 saturated carbocycles. The van der Waals surface area contributed by atoms with Gasteiger partial charge in [0.15, 0.2) is 16.5 Å². The van der Waals surface area contributed by atoms with Gasteiger partial charge in [0.05, 0.1) is 22.7 Å². The van der Waals surface area contributed by atoms with Gasteiger partial charge in [-0.25, -0.2) is 9.38 Å². The predicted octanol–water partition coefficient (Wildman–Crippen LogP) is 3.23. The number of thiazole rings is 1. The fraction of sp³-hybridized carbons (Fsp3) is 0.0435. The first-order valence-electron chi connectivity index (χ1n) is 9.55. The fourth-order valence-electron chi connectivity index (χ4n) is 3.36. The minimum absolute atomic E-state index is 0.0443. The molecular weight excluding hydrogens is 448 g/mol. The summed E-state index contributed by atoms with van der Waals surface area (Å²) in [5, 5.41) is 0. The van der Waals surface area contributed by atoms with E-state index in [9.17, 15) is 13.2 Å². The molecule has 3 aromatic carbocycles. The minimum Gasteiger partial charge on any atom is -0.493 e. The maximum atomic E-state index is 12.9. The molecule has 0 amide bonds. The second-order valence-corrected chi connectivity index (χ2v) is 9.45. The Balaban J connectivity index is 1.54. The third-order valence-electron chi connectivity index (χ3n) is 4.86. The van der Waals surface area contributed by atoms with Crippen LogP contribution in [0.4, 0.5) is 0 Å². The monoisotopic (exact) mass is 464 g/mol. The molecule has 7 nitrogen and oxygen atoms in total. The molecule has 2 heterocycles. The maximum Gasteiger partial charge on any atom is 0.339 e. The normalized spacial score (nSPS) is 12.5. The zero-order valence-electron chi connectivity index (χ0n) is 16.8. The van der Waals surface area contributed by atoms with E-state index in [0.717, 1.165) is 11.0 Å². The lowest BCUT2D eigenvalue weighted by atomic mass is 10.2. The number of nitrogens with zero attached hydrogens (tertiary/aromatic N) is 2. The van der Waals surface area contributed by atoms with Crippen LogP contribution < -0.4 is 19.0 Å². The van der Waals surface area contributed by atoms with Gasteiger partial charge in [-0.15, -0.1) is 0 Å². The van der Waals surface area contributed by atoms with Crippen LogP contribution in [0.25, 0.3) is 22.1 Å². The minimum atomic E-state index is -4.00. The number of hydrogen-bond acceptors (Lipinski definition) is 7. The molecule has 0 spiro atoms. The smallest absolute Gasteiger partial charge is 0.339 e. The number of rotatable bonds is 5. The molecule has 0 fully saturated rings. The van der Waals surface area contributed by atoms with Crippen molar-refractivity contribution < 1.29 is 17.3 Å². The van der Waals surface area contributed by atoms with Crippen LogP contribution >= 0.6 is 11.3 Å². The molecule has 0 aliphatic carbocycles. The molecule has 0 radical (unpaired) electrons. The number of methoxy groups -OCH3 is 1. The Kier molecular flexibility index (Phi) is 4.91.